The molecule has 1 N–H and O–H groups in total. The van der Waals surface area contributed by atoms with Gasteiger partial charge in [0.2, 0.25) is 0 Å². The van der Waals surface area contributed by atoms with E-state index in [9.17, 15) is 0 Å². The number of rotatable bonds is 2. The third-order valence-electron chi connectivity index (χ3n) is 2.93. The lowest BCUT2D eigenvalue weighted by atomic mass is 10.1. The van der Waals surface area contributed by atoms with Gasteiger partial charge in [-0.1, -0.05) is 12.1 Å². The average Bonchev–Trinajstić information content (AvgIpc) is 2.73. The minimum Gasteiger partial charge on any atom is -0.396 e. The van der Waals surface area contributed by atoms with Crippen molar-refractivity contribution >= 4 is 16.6 Å². The highest BCUT2D eigenvalue weighted by molar-refractivity contribution is 5.82. The van der Waals surface area contributed by atoms with Crippen molar-refractivity contribution in [2.45, 2.75) is 13.3 Å². The molecule has 4 heteroatoms. The van der Waals surface area contributed by atoms with Crippen molar-refractivity contribution in [3.05, 3.63) is 41.7 Å². The lowest BCUT2D eigenvalue weighted by Gasteiger charge is -2.05. The SMILES string of the molecule is Cc1ccc2ccc3nnc(CCO)n3c2c1. The molecule has 0 aliphatic heterocycles. The second-order valence-electron chi connectivity index (χ2n) is 4.18. The van der Waals surface area contributed by atoms with Gasteiger partial charge in [0.25, 0.3) is 0 Å². The third kappa shape index (κ3) is 1.57. The molecule has 0 fully saturated rings. The first-order valence-electron chi connectivity index (χ1n) is 5.64. The number of hydrogen-bond donors (Lipinski definition) is 1. The molecule has 0 atom stereocenters. The van der Waals surface area contributed by atoms with E-state index >= 15 is 0 Å². The second-order valence-corrected chi connectivity index (χ2v) is 4.18. The topological polar surface area (TPSA) is 50.4 Å². The maximum absolute atomic E-state index is 9.04. The van der Waals surface area contributed by atoms with E-state index in [0.717, 1.165) is 22.4 Å². The molecule has 0 saturated carbocycles. The van der Waals surface area contributed by atoms with Crippen LogP contribution in [0.3, 0.4) is 0 Å². The van der Waals surface area contributed by atoms with E-state index in [4.69, 9.17) is 5.11 Å². The molecular formula is C13H13N3O. The first-order valence-corrected chi connectivity index (χ1v) is 5.64. The van der Waals surface area contributed by atoms with Gasteiger partial charge in [-0.25, -0.2) is 0 Å². The molecule has 17 heavy (non-hydrogen) atoms. The number of aromatic nitrogens is 3. The molecule has 3 aromatic rings. The summed E-state index contributed by atoms with van der Waals surface area (Å²) >= 11 is 0. The number of nitrogens with zero attached hydrogens (tertiary/aromatic N) is 3. The normalized spacial score (nSPS) is 11.4. The number of pyridine rings is 1. The van der Waals surface area contributed by atoms with Crippen molar-refractivity contribution in [2.24, 2.45) is 0 Å². The Bertz CT molecular complexity index is 688. The first kappa shape index (κ1) is 10.2. The standard InChI is InChI=1S/C13H13N3O/c1-9-2-3-10-4-5-12-14-15-13(6-7-17)16(12)11(10)8-9/h2-5,8,17H,6-7H2,1H3. The lowest BCUT2D eigenvalue weighted by Crippen LogP contribution is -1.99. The minimum atomic E-state index is 0.0863. The molecule has 0 aliphatic carbocycles. The van der Waals surface area contributed by atoms with Crippen LogP contribution < -0.4 is 0 Å². The summed E-state index contributed by atoms with van der Waals surface area (Å²) in [6.45, 7) is 2.15. The molecule has 0 spiro atoms. The lowest BCUT2D eigenvalue weighted by molar-refractivity contribution is 0.296. The Hall–Kier alpha value is -1.94. The number of aliphatic hydroxyl groups excluding tert-OH is 1. The van der Waals surface area contributed by atoms with Gasteiger partial charge in [0.05, 0.1) is 12.1 Å². The molecule has 0 bridgehead atoms. The Kier molecular flexibility index (Phi) is 2.30. The Morgan fingerprint density at radius 2 is 2.00 bits per heavy atom. The summed E-state index contributed by atoms with van der Waals surface area (Å²) in [4.78, 5) is 0. The van der Waals surface area contributed by atoms with Gasteiger partial charge in [0.15, 0.2) is 5.65 Å². The highest BCUT2D eigenvalue weighted by Gasteiger charge is 2.08. The van der Waals surface area contributed by atoms with Crippen LogP contribution in [0.15, 0.2) is 30.3 Å². The summed E-state index contributed by atoms with van der Waals surface area (Å²) in [5.74, 6) is 0.804. The van der Waals surface area contributed by atoms with Crippen LogP contribution in [-0.4, -0.2) is 26.3 Å². The average molecular weight is 227 g/mol. The van der Waals surface area contributed by atoms with E-state index < -0.39 is 0 Å². The molecule has 1 aromatic carbocycles. The van der Waals surface area contributed by atoms with Crippen molar-refractivity contribution in [3.8, 4) is 0 Å². The van der Waals surface area contributed by atoms with E-state index in [0.29, 0.717) is 6.42 Å². The molecule has 0 unspecified atom stereocenters. The van der Waals surface area contributed by atoms with Gasteiger partial charge in [-0.05, 0) is 36.1 Å². The maximum atomic E-state index is 9.04. The van der Waals surface area contributed by atoms with Crippen molar-refractivity contribution in [1.82, 2.24) is 14.6 Å². The smallest absolute Gasteiger partial charge is 0.161 e. The Morgan fingerprint density at radius 3 is 2.82 bits per heavy atom. The van der Waals surface area contributed by atoms with Gasteiger partial charge in [-0.2, -0.15) is 0 Å². The van der Waals surface area contributed by atoms with Crippen LogP contribution in [0.5, 0.6) is 0 Å². The zero-order chi connectivity index (χ0) is 11.8. The second kappa shape index (κ2) is 3.82. The summed E-state index contributed by atoms with van der Waals surface area (Å²) in [5.41, 5.74) is 3.12. The van der Waals surface area contributed by atoms with Crippen molar-refractivity contribution < 1.29 is 5.11 Å². The van der Waals surface area contributed by atoms with Crippen molar-refractivity contribution in [2.75, 3.05) is 6.61 Å². The fraction of sp³-hybridized carbons (Fsp3) is 0.231. The molecule has 86 valence electrons. The van der Waals surface area contributed by atoms with Crippen LogP contribution in [0.2, 0.25) is 0 Å². The van der Waals surface area contributed by atoms with Gasteiger partial charge in [0.1, 0.15) is 5.82 Å². The molecule has 0 amide bonds. The summed E-state index contributed by atoms with van der Waals surface area (Å²) in [6, 6.07) is 10.3. The van der Waals surface area contributed by atoms with E-state index in [2.05, 4.69) is 35.3 Å². The number of hydrogen-bond acceptors (Lipinski definition) is 3. The first-order chi connectivity index (χ1) is 8.29. The van der Waals surface area contributed by atoms with Crippen molar-refractivity contribution in [1.29, 1.82) is 0 Å². The molecular weight excluding hydrogens is 214 g/mol. The highest BCUT2D eigenvalue weighted by atomic mass is 16.3. The number of aliphatic hydroxyl groups is 1. The van der Waals surface area contributed by atoms with Gasteiger partial charge in [-0.15, -0.1) is 10.2 Å². The predicted molar refractivity (Wildman–Crippen MR) is 66.0 cm³/mol. The molecule has 2 heterocycles. The van der Waals surface area contributed by atoms with Gasteiger partial charge in [0, 0.05) is 6.42 Å². The van der Waals surface area contributed by atoms with Gasteiger partial charge < -0.3 is 5.11 Å². The van der Waals surface area contributed by atoms with E-state index in [-0.39, 0.29) is 6.61 Å². The van der Waals surface area contributed by atoms with E-state index in [1.807, 2.05) is 16.5 Å². The van der Waals surface area contributed by atoms with Gasteiger partial charge >= 0.3 is 0 Å². The highest BCUT2D eigenvalue weighted by Crippen LogP contribution is 2.19. The Labute approximate surface area is 98.5 Å². The monoisotopic (exact) mass is 227 g/mol. The van der Waals surface area contributed by atoms with Crippen LogP contribution >= 0.6 is 0 Å². The summed E-state index contributed by atoms with van der Waals surface area (Å²) in [7, 11) is 0. The van der Waals surface area contributed by atoms with Crippen LogP contribution in [0.25, 0.3) is 16.6 Å². The summed E-state index contributed by atoms with van der Waals surface area (Å²) < 4.78 is 2.01. The van der Waals surface area contributed by atoms with E-state index in [1.165, 1.54) is 5.56 Å². The fourth-order valence-corrected chi connectivity index (χ4v) is 2.12. The fourth-order valence-electron chi connectivity index (χ4n) is 2.12. The van der Waals surface area contributed by atoms with E-state index in [1.54, 1.807) is 0 Å². The summed E-state index contributed by atoms with van der Waals surface area (Å²) in [6.07, 6.45) is 0.522. The molecule has 4 nitrogen and oxygen atoms in total. The number of fused-ring (bicyclic) bond motifs is 3. The molecule has 0 aliphatic rings. The summed E-state index contributed by atoms with van der Waals surface area (Å²) in [5, 5.41) is 18.4. The predicted octanol–water partition coefficient (Wildman–Crippen LogP) is 1.73. The van der Waals surface area contributed by atoms with Gasteiger partial charge in [-0.3, -0.25) is 4.40 Å². The number of aryl methyl sites for hydroxylation is 1. The van der Waals surface area contributed by atoms with Crippen LogP contribution in [0.4, 0.5) is 0 Å². The Balaban J connectivity index is 2.42. The van der Waals surface area contributed by atoms with Crippen LogP contribution in [0, 0.1) is 6.92 Å². The minimum absolute atomic E-state index is 0.0863. The maximum Gasteiger partial charge on any atom is 0.161 e. The van der Waals surface area contributed by atoms with Crippen LogP contribution in [0.1, 0.15) is 11.4 Å². The molecule has 2 aromatic heterocycles. The molecule has 0 radical (unpaired) electrons. The van der Waals surface area contributed by atoms with Crippen LogP contribution in [-0.2, 0) is 6.42 Å². The zero-order valence-electron chi connectivity index (χ0n) is 9.59. The zero-order valence-corrected chi connectivity index (χ0v) is 9.59. The third-order valence-corrected chi connectivity index (χ3v) is 2.93. The quantitative estimate of drug-likeness (QED) is 0.725. The molecule has 0 saturated heterocycles. The Morgan fingerprint density at radius 1 is 1.18 bits per heavy atom. The largest absolute Gasteiger partial charge is 0.396 e. The molecule has 3 rings (SSSR count). The van der Waals surface area contributed by atoms with Crippen molar-refractivity contribution in [3.63, 3.8) is 0 Å². The number of benzene rings is 1.